The van der Waals surface area contributed by atoms with E-state index in [2.05, 4.69) is 40.5 Å². The van der Waals surface area contributed by atoms with Gasteiger partial charge in [-0.15, -0.1) is 0 Å². The third-order valence-corrected chi connectivity index (χ3v) is 3.94. The number of thiocarbonyl (C=S) groups is 1. The number of benzene rings is 1. The summed E-state index contributed by atoms with van der Waals surface area (Å²) < 4.78 is 0. The van der Waals surface area contributed by atoms with Crippen molar-refractivity contribution < 1.29 is 0 Å². The van der Waals surface area contributed by atoms with Crippen molar-refractivity contribution in [3.63, 3.8) is 0 Å². The number of para-hydroxylation sites is 1. The lowest BCUT2D eigenvalue weighted by atomic mass is 9.91. The maximum Gasteiger partial charge on any atom is 0.174 e. The average Bonchev–Trinajstić information content (AvgIpc) is 2.66. The Morgan fingerprint density at radius 2 is 1.88 bits per heavy atom. The second-order valence-electron chi connectivity index (χ2n) is 4.61. The van der Waals surface area contributed by atoms with Crippen molar-refractivity contribution in [3.05, 3.63) is 30.3 Å². The van der Waals surface area contributed by atoms with E-state index in [0.717, 1.165) is 5.11 Å². The van der Waals surface area contributed by atoms with Gasteiger partial charge in [-0.3, -0.25) is 0 Å². The maximum absolute atomic E-state index is 5.45. The van der Waals surface area contributed by atoms with Gasteiger partial charge in [0, 0.05) is 11.7 Å². The standard InChI is InChI=1S/C13H16N2S/c16-13-14-11-8-4-5-9-12(11)15(13)10-6-2-1-3-7-10/h1-3,6-7,11-12H,4-5,8-9H2,(H,14,16). The van der Waals surface area contributed by atoms with Crippen LogP contribution in [0.5, 0.6) is 0 Å². The number of nitrogens with zero attached hydrogens (tertiary/aromatic N) is 1. The van der Waals surface area contributed by atoms with E-state index in [4.69, 9.17) is 12.2 Å². The van der Waals surface area contributed by atoms with Gasteiger partial charge in [0.15, 0.2) is 5.11 Å². The molecule has 1 aromatic carbocycles. The first kappa shape index (κ1) is 10.1. The van der Waals surface area contributed by atoms with Crippen molar-refractivity contribution >= 4 is 23.0 Å². The van der Waals surface area contributed by atoms with E-state index >= 15 is 0 Å². The zero-order valence-corrected chi connectivity index (χ0v) is 10.0. The first-order chi connectivity index (χ1) is 7.86. The zero-order chi connectivity index (χ0) is 11.0. The first-order valence-electron chi connectivity index (χ1n) is 6.01. The normalized spacial score (nSPS) is 28.8. The van der Waals surface area contributed by atoms with Crippen molar-refractivity contribution in [1.29, 1.82) is 0 Å². The van der Waals surface area contributed by atoms with Crippen LogP contribution in [-0.4, -0.2) is 17.2 Å². The average molecular weight is 232 g/mol. The smallest absolute Gasteiger partial charge is 0.174 e. The zero-order valence-electron chi connectivity index (χ0n) is 9.23. The number of hydrogen-bond donors (Lipinski definition) is 1. The highest BCUT2D eigenvalue weighted by atomic mass is 32.1. The van der Waals surface area contributed by atoms with Crippen molar-refractivity contribution in [2.24, 2.45) is 0 Å². The Balaban J connectivity index is 1.91. The van der Waals surface area contributed by atoms with Crippen LogP contribution in [0.25, 0.3) is 0 Å². The van der Waals surface area contributed by atoms with Gasteiger partial charge in [-0.2, -0.15) is 0 Å². The molecule has 1 aromatic rings. The van der Waals surface area contributed by atoms with Gasteiger partial charge in [0.1, 0.15) is 0 Å². The molecule has 16 heavy (non-hydrogen) atoms. The lowest BCUT2D eigenvalue weighted by Crippen LogP contribution is -2.38. The minimum absolute atomic E-state index is 0.571. The molecular formula is C13H16N2S. The molecule has 1 aliphatic carbocycles. The molecule has 2 atom stereocenters. The molecule has 1 saturated heterocycles. The predicted octanol–water partition coefficient (Wildman–Crippen LogP) is 2.69. The highest BCUT2D eigenvalue weighted by Gasteiger charge is 2.38. The van der Waals surface area contributed by atoms with E-state index in [1.807, 2.05) is 0 Å². The van der Waals surface area contributed by atoms with Crippen LogP contribution in [0.15, 0.2) is 30.3 Å². The molecular weight excluding hydrogens is 216 g/mol. The summed E-state index contributed by atoms with van der Waals surface area (Å²) in [5, 5.41) is 4.37. The highest BCUT2D eigenvalue weighted by Crippen LogP contribution is 2.31. The second-order valence-corrected chi connectivity index (χ2v) is 5.00. The Morgan fingerprint density at radius 3 is 2.69 bits per heavy atom. The van der Waals surface area contributed by atoms with Gasteiger partial charge in [-0.1, -0.05) is 31.0 Å². The van der Waals surface area contributed by atoms with Crippen LogP contribution in [0.2, 0.25) is 0 Å². The summed E-state index contributed by atoms with van der Waals surface area (Å²) in [6.45, 7) is 0. The third-order valence-electron chi connectivity index (χ3n) is 3.62. The van der Waals surface area contributed by atoms with Gasteiger partial charge in [0.25, 0.3) is 0 Å². The molecule has 0 bridgehead atoms. The molecule has 0 spiro atoms. The minimum atomic E-state index is 0.571. The fraction of sp³-hybridized carbons (Fsp3) is 0.462. The van der Waals surface area contributed by atoms with Gasteiger partial charge >= 0.3 is 0 Å². The van der Waals surface area contributed by atoms with Crippen LogP contribution in [0.3, 0.4) is 0 Å². The molecule has 84 valence electrons. The Hall–Kier alpha value is -1.09. The Bertz CT molecular complexity index is 390. The fourth-order valence-electron chi connectivity index (χ4n) is 2.86. The lowest BCUT2D eigenvalue weighted by molar-refractivity contribution is 0.390. The van der Waals surface area contributed by atoms with E-state index < -0.39 is 0 Å². The number of rotatable bonds is 1. The number of anilines is 1. The number of fused-ring (bicyclic) bond motifs is 1. The van der Waals surface area contributed by atoms with Gasteiger partial charge < -0.3 is 10.2 Å². The molecule has 2 unspecified atom stereocenters. The summed E-state index contributed by atoms with van der Waals surface area (Å²) >= 11 is 5.45. The highest BCUT2D eigenvalue weighted by molar-refractivity contribution is 7.80. The molecule has 1 N–H and O–H groups in total. The van der Waals surface area contributed by atoms with E-state index in [1.54, 1.807) is 0 Å². The summed E-state index contributed by atoms with van der Waals surface area (Å²) in [6.07, 6.45) is 5.18. The van der Waals surface area contributed by atoms with Crippen molar-refractivity contribution in [3.8, 4) is 0 Å². The van der Waals surface area contributed by atoms with Crippen LogP contribution in [0.4, 0.5) is 5.69 Å². The molecule has 0 aromatic heterocycles. The molecule has 2 fully saturated rings. The number of hydrogen-bond acceptors (Lipinski definition) is 1. The van der Waals surface area contributed by atoms with E-state index in [0.29, 0.717) is 12.1 Å². The molecule has 1 heterocycles. The Kier molecular flexibility index (Phi) is 2.56. The van der Waals surface area contributed by atoms with Gasteiger partial charge in [0.2, 0.25) is 0 Å². The molecule has 3 heteroatoms. The molecule has 2 nitrogen and oxygen atoms in total. The molecule has 1 saturated carbocycles. The predicted molar refractivity (Wildman–Crippen MR) is 70.7 cm³/mol. The lowest BCUT2D eigenvalue weighted by Gasteiger charge is -2.30. The largest absolute Gasteiger partial charge is 0.357 e. The molecule has 0 amide bonds. The van der Waals surface area contributed by atoms with Gasteiger partial charge in [-0.05, 0) is 37.2 Å². The molecule has 0 radical (unpaired) electrons. The third kappa shape index (κ3) is 1.59. The SMILES string of the molecule is S=C1NC2CCCCC2N1c1ccccc1. The van der Waals surface area contributed by atoms with Crippen molar-refractivity contribution in [2.75, 3.05) is 4.90 Å². The van der Waals surface area contributed by atoms with E-state index in [1.165, 1.54) is 31.4 Å². The summed E-state index contributed by atoms with van der Waals surface area (Å²) in [7, 11) is 0. The maximum atomic E-state index is 5.45. The van der Waals surface area contributed by atoms with Crippen LogP contribution in [-0.2, 0) is 0 Å². The summed E-state index contributed by atoms with van der Waals surface area (Å²) in [5.41, 5.74) is 1.23. The second kappa shape index (κ2) is 4.06. The monoisotopic (exact) mass is 232 g/mol. The van der Waals surface area contributed by atoms with E-state index in [9.17, 15) is 0 Å². The Morgan fingerprint density at radius 1 is 1.12 bits per heavy atom. The molecule has 3 rings (SSSR count). The van der Waals surface area contributed by atoms with Crippen LogP contribution in [0.1, 0.15) is 25.7 Å². The van der Waals surface area contributed by atoms with Crippen molar-refractivity contribution in [2.45, 2.75) is 37.8 Å². The number of nitrogens with one attached hydrogen (secondary N) is 1. The first-order valence-corrected chi connectivity index (χ1v) is 6.42. The summed E-state index contributed by atoms with van der Waals surface area (Å²) in [4.78, 5) is 2.30. The topological polar surface area (TPSA) is 15.3 Å². The van der Waals surface area contributed by atoms with Gasteiger partial charge in [0.05, 0.1) is 6.04 Å². The summed E-state index contributed by atoms with van der Waals surface area (Å²) in [5.74, 6) is 0. The quantitative estimate of drug-likeness (QED) is 0.749. The van der Waals surface area contributed by atoms with Crippen LogP contribution >= 0.6 is 12.2 Å². The van der Waals surface area contributed by atoms with Crippen LogP contribution < -0.4 is 10.2 Å². The van der Waals surface area contributed by atoms with Crippen LogP contribution in [0, 0.1) is 0 Å². The van der Waals surface area contributed by atoms with Crippen molar-refractivity contribution in [1.82, 2.24) is 5.32 Å². The summed E-state index contributed by atoms with van der Waals surface area (Å²) in [6, 6.07) is 11.6. The fourth-order valence-corrected chi connectivity index (χ4v) is 3.26. The van der Waals surface area contributed by atoms with E-state index in [-0.39, 0.29) is 0 Å². The van der Waals surface area contributed by atoms with Gasteiger partial charge in [-0.25, -0.2) is 0 Å². The Labute approximate surface area is 102 Å². The minimum Gasteiger partial charge on any atom is -0.357 e. The molecule has 1 aliphatic heterocycles. The molecule has 2 aliphatic rings.